The maximum Gasteiger partial charge on any atom is 0.416 e. The van der Waals surface area contributed by atoms with Crippen LogP contribution in [0.4, 0.5) is 13.2 Å². The Balaban J connectivity index is 1.53. The number of pyridine rings is 1. The molecule has 2 aromatic heterocycles. The second-order valence-electron chi connectivity index (χ2n) is 5.69. The van der Waals surface area contributed by atoms with Gasteiger partial charge in [-0.2, -0.15) is 18.2 Å². The predicted molar refractivity (Wildman–Crippen MR) is 89.1 cm³/mol. The van der Waals surface area contributed by atoms with Crippen molar-refractivity contribution in [2.75, 3.05) is 0 Å². The number of carbonyl (C=O) groups excluding carboxylic acids is 1. The normalized spacial score (nSPS) is 11.4. The van der Waals surface area contributed by atoms with Gasteiger partial charge >= 0.3 is 6.18 Å². The number of nitrogens with one attached hydrogen (secondary N) is 1. The zero-order valence-electron chi connectivity index (χ0n) is 14.0. The number of hydrogen-bond acceptors (Lipinski definition) is 5. The van der Waals surface area contributed by atoms with Crippen molar-refractivity contribution in [2.24, 2.45) is 0 Å². The van der Waals surface area contributed by atoms with Crippen LogP contribution in [0.5, 0.6) is 0 Å². The van der Waals surface area contributed by atoms with E-state index in [-0.39, 0.29) is 30.8 Å². The molecule has 1 aromatic carbocycles. The van der Waals surface area contributed by atoms with Gasteiger partial charge in [0, 0.05) is 37.3 Å². The molecule has 0 atom stereocenters. The summed E-state index contributed by atoms with van der Waals surface area (Å²) in [5.74, 6) is 0.213. The van der Waals surface area contributed by atoms with Crippen LogP contribution in [-0.2, 0) is 23.9 Å². The average molecular weight is 376 g/mol. The first-order valence-corrected chi connectivity index (χ1v) is 8.08. The Morgan fingerprint density at radius 3 is 2.70 bits per heavy atom. The number of benzene rings is 1. The number of halogens is 3. The lowest BCUT2D eigenvalue weighted by Gasteiger charge is -2.13. The molecule has 0 spiro atoms. The van der Waals surface area contributed by atoms with Crippen molar-refractivity contribution in [3.8, 4) is 11.4 Å². The van der Waals surface area contributed by atoms with Crippen LogP contribution >= 0.6 is 0 Å². The number of aryl methyl sites for hydroxylation is 1. The Bertz CT molecular complexity index is 910. The van der Waals surface area contributed by atoms with Gasteiger partial charge in [-0.1, -0.05) is 23.4 Å². The molecule has 140 valence electrons. The van der Waals surface area contributed by atoms with Gasteiger partial charge in [-0.05, 0) is 23.8 Å². The fraction of sp³-hybridized carbons (Fsp3) is 0.222. The molecule has 6 nitrogen and oxygen atoms in total. The van der Waals surface area contributed by atoms with E-state index in [1.165, 1.54) is 18.2 Å². The first kappa shape index (κ1) is 18.6. The summed E-state index contributed by atoms with van der Waals surface area (Å²) in [4.78, 5) is 20.1. The summed E-state index contributed by atoms with van der Waals surface area (Å²) in [5.41, 5.74) is -0.0703. The van der Waals surface area contributed by atoms with Crippen LogP contribution in [0.25, 0.3) is 11.4 Å². The Morgan fingerprint density at radius 2 is 1.96 bits per heavy atom. The van der Waals surface area contributed by atoms with E-state index in [0.29, 0.717) is 11.4 Å². The fourth-order valence-corrected chi connectivity index (χ4v) is 2.42. The van der Waals surface area contributed by atoms with Gasteiger partial charge in [-0.3, -0.25) is 9.78 Å². The van der Waals surface area contributed by atoms with Crippen LogP contribution in [0.1, 0.15) is 23.4 Å². The van der Waals surface area contributed by atoms with Crippen LogP contribution < -0.4 is 5.32 Å². The summed E-state index contributed by atoms with van der Waals surface area (Å²) in [6.07, 6.45) is -1.07. The van der Waals surface area contributed by atoms with Crippen molar-refractivity contribution in [2.45, 2.75) is 25.6 Å². The molecule has 0 saturated carbocycles. The summed E-state index contributed by atoms with van der Waals surface area (Å²) in [5, 5.41) is 6.30. The first-order valence-electron chi connectivity index (χ1n) is 8.08. The molecule has 3 aromatic rings. The van der Waals surface area contributed by atoms with Gasteiger partial charge in [0.1, 0.15) is 0 Å². The molecule has 0 aliphatic carbocycles. The summed E-state index contributed by atoms with van der Waals surface area (Å²) in [6, 6.07) is 8.63. The van der Waals surface area contributed by atoms with Crippen molar-refractivity contribution in [1.82, 2.24) is 20.4 Å². The predicted octanol–water partition coefficient (Wildman–Crippen LogP) is 3.40. The summed E-state index contributed by atoms with van der Waals surface area (Å²) in [7, 11) is 0. The standard InChI is InChI=1S/C18H15F3N4O2/c19-18(20,21)14-6-2-1-4-12(14)11-23-15(26)7-8-16-24-17(25-27-16)13-5-3-9-22-10-13/h1-6,9-10H,7-8,11H2,(H,23,26). The van der Waals surface area contributed by atoms with Crippen molar-refractivity contribution >= 4 is 5.91 Å². The maximum absolute atomic E-state index is 12.9. The lowest BCUT2D eigenvalue weighted by atomic mass is 10.1. The second kappa shape index (κ2) is 7.98. The highest BCUT2D eigenvalue weighted by Gasteiger charge is 2.32. The number of aromatic nitrogens is 3. The molecule has 0 radical (unpaired) electrons. The van der Waals surface area contributed by atoms with E-state index in [4.69, 9.17) is 4.52 Å². The summed E-state index contributed by atoms with van der Waals surface area (Å²) in [6.45, 7) is -0.209. The van der Waals surface area contributed by atoms with Crippen LogP contribution in [-0.4, -0.2) is 21.0 Å². The molecule has 1 N–H and O–H groups in total. The fourth-order valence-electron chi connectivity index (χ4n) is 2.42. The third-order valence-corrected chi connectivity index (χ3v) is 3.75. The third-order valence-electron chi connectivity index (χ3n) is 3.75. The van der Waals surface area contributed by atoms with E-state index in [1.54, 1.807) is 24.5 Å². The van der Waals surface area contributed by atoms with E-state index in [0.717, 1.165) is 6.07 Å². The smallest absolute Gasteiger partial charge is 0.352 e. The molecule has 1 amide bonds. The second-order valence-corrected chi connectivity index (χ2v) is 5.69. The van der Waals surface area contributed by atoms with Crippen molar-refractivity contribution < 1.29 is 22.5 Å². The zero-order chi connectivity index (χ0) is 19.3. The van der Waals surface area contributed by atoms with E-state index >= 15 is 0 Å². The van der Waals surface area contributed by atoms with E-state index < -0.39 is 17.6 Å². The molecule has 0 aliphatic rings. The number of carbonyl (C=O) groups is 1. The van der Waals surface area contributed by atoms with E-state index in [2.05, 4.69) is 20.4 Å². The highest BCUT2D eigenvalue weighted by molar-refractivity contribution is 5.76. The van der Waals surface area contributed by atoms with Gasteiger partial charge in [0.2, 0.25) is 17.6 Å². The lowest BCUT2D eigenvalue weighted by Crippen LogP contribution is -2.24. The van der Waals surface area contributed by atoms with E-state index in [1.807, 2.05) is 0 Å². The van der Waals surface area contributed by atoms with Gasteiger partial charge in [-0.15, -0.1) is 0 Å². The topological polar surface area (TPSA) is 80.9 Å². The number of amides is 1. The molecule has 3 rings (SSSR count). The Kier molecular flexibility index (Phi) is 5.49. The lowest BCUT2D eigenvalue weighted by molar-refractivity contribution is -0.138. The average Bonchev–Trinajstić information content (AvgIpc) is 3.14. The van der Waals surface area contributed by atoms with Crippen LogP contribution in [0.15, 0.2) is 53.3 Å². The summed E-state index contributed by atoms with van der Waals surface area (Å²) < 4.78 is 43.9. The molecule has 0 aliphatic heterocycles. The molecular formula is C18H15F3N4O2. The summed E-state index contributed by atoms with van der Waals surface area (Å²) >= 11 is 0. The molecular weight excluding hydrogens is 361 g/mol. The molecule has 2 heterocycles. The molecule has 0 unspecified atom stereocenters. The van der Waals surface area contributed by atoms with Gasteiger partial charge in [0.25, 0.3) is 0 Å². The number of rotatable bonds is 6. The molecule has 0 bridgehead atoms. The molecule has 0 fully saturated rings. The van der Waals surface area contributed by atoms with Gasteiger partial charge in [0.05, 0.1) is 5.56 Å². The van der Waals surface area contributed by atoms with E-state index in [9.17, 15) is 18.0 Å². The van der Waals surface area contributed by atoms with Gasteiger partial charge < -0.3 is 9.84 Å². The Morgan fingerprint density at radius 1 is 1.15 bits per heavy atom. The van der Waals surface area contributed by atoms with Crippen molar-refractivity contribution in [3.63, 3.8) is 0 Å². The number of nitrogens with zero attached hydrogens (tertiary/aromatic N) is 3. The Labute approximate surface area is 152 Å². The largest absolute Gasteiger partial charge is 0.416 e. The minimum absolute atomic E-state index is 0.00926. The van der Waals surface area contributed by atoms with Gasteiger partial charge in [0.15, 0.2) is 0 Å². The first-order chi connectivity index (χ1) is 12.9. The SMILES string of the molecule is O=C(CCc1nc(-c2cccnc2)no1)NCc1ccccc1C(F)(F)F. The van der Waals surface area contributed by atoms with Crippen LogP contribution in [0, 0.1) is 0 Å². The van der Waals surface area contributed by atoms with Crippen LogP contribution in [0.2, 0.25) is 0 Å². The molecule has 9 heteroatoms. The number of alkyl halides is 3. The Hall–Kier alpha value is -3.23. The van der Waals surface area contributed by atoms with Crippen LogP contribution in [0.3, 0.4) is 0 Å². The zero-order valence-corrected chi connectivity index (χ0v) is 14.0. The highest BCUT2D eigenvalue weighted by atomic mass is 19.4. The van der Waals surface area contributed by atoms with Crippen molar-refractivity contribution in [1.29, 1.82) is 0 Å². The molecule has 27 heavy (non-hydrogen) atoms. The monoisotopic (exact) mass is 376 g/mol. The minimum Gasteiger partial charge on any atom is -0.352 e. The van der Waals surface area contributed by atoms with Gasteiger partial charge in [-0.25, -0.2) is 0 Å². The van der Waals surface area contributed by atoms with Crippen molar-refractivity contribution in [3.05, 3.63) is 65.8 Å². The number of hydrogen-bond donors (Lipinski definition) is 1. The highest BCUT2D eigenvalue weighted by Crippen LogP contribution is 2.31. The molecule has 0 saturated heterocycles. The quantitative estimate of drug-likeness (QED) is 0.713. The third kappa shape index (κ3) is 4.90. The maximum atomic E-state index is 12.9. The minimum atomic E-state index is -4.46.